The Bertz CT molecular complexity index is 232. The van der Waals surface area contributed by atoms with Crippen LogP contribution in [-0.2, 0) is 11.3 Å². The molecule has 4 nitrogen and oxygen atoms in total. The molecule has 0 fully saturated rings. The third-order valence-electron chi connectivity index (χ3n) is 1.67. The molecule has 12 heavy (non-hydrogen) atoms. The van der Waals surface area contributed by atoms with Crippen molar-refractivity contribution in [2.24, 2.45) is 5.73 Å². The highest BCUT2D eigenvalue weighted by atomic mass is 16.5. The number of aromatic nitrogens is 2. The minimum absolute atomic E-state index is 0.00814. The fourth-order valence-electron chi connectivity index (χ4n) is 0.932. The van der Waals surface area contributed by atoms with Gasteiger partial charge >= 0.3 is 0 Å². The lowest BCUT2D eigenvalue weighted by Gasteiger charge is -2.00. The molecule has 0 saturated carbocycles. The highest BCUT2D eigenvalue weighted by molar-refractivity contribution is 5.01. The van der Waals surface area contributed by atoms with Crippen molar-refractivity contribution in [1.82, 2.24) is 9.55 Å². The van der Waals surface area contributed by atoms with E-state index in [0.717, 1.165) is 12.2 Å². The van der Waals surface area contributed by atoms with Crippen molar-refractivity contribution in [2.45, 2.75) is 19.5 Å². The maximum atomic E-state index is 5.65. The van der Waals surface area contributed by atoms with Crippen molar-refractivity contribution in [3.63, 3.8) is 0 Å². The van der Waals surface area contributed by atoms with Crippen LogP contribution < -0.4 is 5.73 Å². The van der Waals surface area contributed by atoms with E-state index in [4.69, 9.17) is 10.5 Å². The summed E-state index contributed by atoms with van der Waals surface area (Å²) in [5, 5.41) is 0. The third kappa shape index (κ3) is 2.32. The molecule has 0 aliphatic heterocycles. The lowest BCUT2D eigenvalue weighted by Crippen LogP contribution is -2.05. The molecule has 2 N–H and O–H groups in total. The molecule has 0 amide bonds. The van der Waals surface area contributed by atoms with Gasteiger partial charge in [-0.25, -0.2) is 4.98 Å². The zero-order valence-electron chi connectivity index (χ0n) is 7.53. The van der Waals surface area contributed by atoms with Gasteiger partial charge in [0.2, 0.25) is 0 Å². The van der Waals surface area contributed by atoms with Gasteiger partial charge in [0.1, 0.15) is 0 Å². The second kappa shape index (κ2) is 4.23. The smallest absolute Gasteiger partial charge is 0.0950 e. The average molecular weight is 169 g/mol. The van der Waals surface area contributed by atoms with E-state index in [9.17, 15) is 0 Å². The summed E-state index contributed by atoms with van der Waals surface area (Å²) in [6.45, 7) is 3.45. The number of nitrogens with zero attached hydrogens (tertiary/aromatic N) is 2. The van der Waals surface area contributed by atoms with Gasteiger partial charge in [0.05, 0.1) is 18.6 Å². The van der Waals surface area contributed by atoms with Crippen LogP contribution >= 0.6 is 0 Å². The van der Waals surface area contributed by atoms with Gasteiger partial charge in [-0.3, -0.25) is 0 Å². The first-order valence-corrected chi connectivity index (χ1v) is 4.00. The van der Waals surface area contributed by atoms with Gasteiger partial charge in [0.15, 0.2) is 0 Å². The molecule has 4 heteroatoms. The first kappa shape index (κ1) is 9.22. The zero-order chi connectivity index (χ0) is 8.97. The Morgan fingerprint density at radius 3 is 3.00 bits per heavy atom. The number of hydrogen-bond acceptors (Lipinski definition) is 3. The Balaban J connectivity index is 2.52. The fraction of sp³-hybridized carbons (Fsp3) is 0.625. The highest BCUT2D eigenvalue weighted by Crippen LogP contribution is 2.04. The van der Waals surface area contributed by atoms with Crippen molar-refractivity contribution in [3.8, 4) is 0 Å². The van der Waals surface area contributed by atoms with Crippen LogP contribution in [0, 0.1) is 0 Å². The molecule has 0 radical (unpaired) electrons. The predicted octanol–water partition coefficient (Wildman–Crippen LogP) is 0.549. The molecule has 0 aliphatic rings. The van der Waals surface area contributed by atoms with Crippen LogP contribution in [0.2, 0.25) is 0 Å². The van der Waals surface area contributed by atoms with Crippen molar-refractivity contribution in [2.75, 3.05) is 13.7 Å². The maximum Gasteiger partial charge on any atom is 0.0950 e. The van der Waals surface area contributed by atoms with E-state index in [1.54, 1.807) is 13.4 Å². The highest BCUT2D eigenvalue weighted by Gasteiger charge is 2.02. The minimum atomic E-state index is 0.00814. The number of ether oxygens (including phenoxy) is 1. The van der Waals surface area contributed by atoms with Crippen LogP contribution in [0.1, 0.15) is 18.7 Å². The maximum absolute atomic E-state index is 5.65. The first-order chi connectivity index (χ1) is 5.74. The van der Waals surface area contributed by atoms with E-state index in [1.165, 1.54) is 0 Å². The summed E-state index contributed by atoms with van der Waals surface area (Å²) >= 11 is 0. The predicted molar refractivity (Wildman–Crippen MR) is 46.7 cm³/mol. The molecule has 0 aromatic carbocycles. The number of rotatable bonds is 4. The Morgan fingerprint density at radius 2 is 2.50 bits per heavy atom. The van der Waals surface area contributed by atoms with Crippen LogP contribution in [0.3, 0.4) is 0 Å². The monoisotopic (exact) mass is 169 g/mol. The number of nitrogens with two attached hydrogens (primary N) is 1. The second-order valence-electron chi connectivity index (χ2n) is 2.82. The number of imidazole rings is 1. The van der Waals surface area contributed by atoms with Gasteiger partial charge < -0.3 is 15.0 Å². The Labute approximate surface area is 72.3 Å². The van der Waals surface area contributed by atoms with Gasteiger partial charge in [-0.2, -0.15) is 0 Å². The largest absolute Gasteiger partial charge is 0.383 e. The topological polar surface area (TPSA) is 53.1 Å². The summed E-state index contributed by atoms with van der Waals surface area (Å²) in [4.78, 5) is 4.15. The van der Waals surface area contributed by atoms with E-state index in [1.807, 2.05) is 17.7 Å². The molecule has 1 aromatic heterocycles. The SMILES string of the molecule is COCCn1cnc(C(C)N)c1. The van der Waals surface area contributed by atoms with E-state index in [2.05, 4.69) is 4.98 Å². The molecule has 1 aromatic rings. The molecule has 0 aliphatic carbocycles. The van der Waals surface area contributed by atoms with Gasteiger partial charge in [-0.15, -0.1) is 0 Å². The zero-order valence-corrected chi connectivity index (χ0v) is 7.53. The molecule has 1 rings (SSSR count). The van der Waals surface area contributed by atoms with Crippen molar-refractivity contribution >= 4 is 0 Å². The van der Waals surface area contributed by atoms with Crippen molar-refractivity contribution in [1.29, 1.82) is 0 Å². The van der Waals surface area contributed by atoms with Crippen LogP contribution in [0.5, 0.6) is 0 Å². The van der Waals surface area contributed by atoms with Crippen molar-refractivity contribution in [3.05, 3.63) is 18.2 Å². The number of hydrogen-bond donors (Lipinski definition) is 1. The molecule has 68 valence electrons. The van der Waals surface area contributed by atoms with E-state index >= 15 is 0 Å². The van der Waals surface area contributed by atoms with E-state index in [0.29, 0.717) is 6.61 Å². The quantitative estimate of drug-likeness (QED) is 0.716. The number of methoxy groups -OCH3 is 1. The average Bonchev–Trinajstić information content (AvgIpc) is 2.48. The Kier molecular flexibility index (Phi) is 3.25. The van der Waals surface area contributed by atoms with Crippen LogP contribution in [0.15, 0.2) is 12.5 Å². The molecular formula is C8H15N3O. The molecule has 0 saturated heterocycles. The molecule has 0 spiro atoms. The third-order valence-corrected chi connectivity index (χ3v) is 1.67. The lowest BCUT2D eigenvalue weighted by atomic mass is 10.3. The summed E-state index contributed by atoms with van der Waals surface area (Å²) in [7, 11) is 1.68. The summed E-state index contributed by atoms with van der Waals surface area (Å²) in [6.07, 6.45) is 3.72. The fourth-order valence-corrected chi connectivity index (χ4v) is 0.932. The summed E-state index contributed by atoms with van der Waals surface area (Å²) < 4.78 is 6.91. The van der Waals surface area contributed by atoms with E-state index in [-0.39, 0.29) is 6.04 Å². The molecule has 1 heterocycles. The van der Waals surface area contributed by atoms with Crippen molar-refractivity contribution < 1.29 is 4.74 Å². The van der Waals surface area contributed by atoms with Gasteiger partial charge in [0.25, 0.3) is 0 Å². The first-order valence-electron chi connectivity index (χ1n) is 4.00. The van der Waals surface area contributed by atoms with Crippen LogP contribution in [0.25, 0.3) is 0 Å². The summed E-state index contributed by atoms with van der Waals surface area (Å²) in [5.41, 5.74) is 6.57. The van der Waals surface area contributed by atoms with E-state index < -0.39 is 0 Å². The van der Waals surface area contributed by atoms with Gasteiger partial charge in [-0.05, 0) is 6.92 Å². The molecule has 1 atom stereocenters. The Hall–Kier alpha value is -0.870. The van der Waals surface area contributed by atoms with Gasteiger partial charge in [-0.1, -0.05) is 0 Å². The summed E-state index contributed by atoms with van der Waals surface area (Å²) in [5.74, 6) is 0. The van der Waals surface area contributed by atoms with Gasteiger partial charge in [0, 0.05) is 25.9 Å². The molecule has 0 bridgehead atoms. The second-order valence-corrected chi connectivity index (χ2v) is 2.82. The summed E-state index contributed by atoms with van der Waals surface area (Å²) in [6, 6.07) is 0.00814. The molecule has 1 unspecified atom stereocenters. The minimum Gasteiger partial charge on any atom is -0.383 e. The van der Waals surface area contributed by atoms with Crippen LogP contribution in [0.4, 0.5) is 0 Å². The van der Waals surface area contributed by atoms with Crippen LogP contribution in [-0.4, -0.2) is 23.3 Å². The Morgan fingerprint density at radius 1 is 1.75 bits per heavy atom. The molecular weight excluding hydrogens is 154 g/mol. The lowest BCUT2D eigenvalue weighted by molar-refractivity contribution is 0.187. The standard InChI is InChI=1S/C8H15N3O/c1-7(9)8-5-11(6-10-8)3-4-12-2/h5-7H,3-4,9H2,1-2H3. The normalized spacial score (nSPS) is 13.2.